The van der Waals surface area contributed by atoms with Crippen molar-refractivity contribution in [2.75, 3.05) is 0 Å². The number of thiophene rings is 1. The van der Waals surface area contributed by atoms with Crippen molar-refractivity contribution in [3.63, 3.8) is 0 Å². The van der Waals surface area contributed by atoms with Crippen molar-refractivity contribution >= 4 is 11.3 Å². The molecule has 0 fully saturated rings. The summed E-state index contributed by atoms with van der Waals surface area (Å²) in [7, 11) is 0. The quantitative estimate of drug-likeness (QED) is 0.714. The van der Waals surface area contributed by atoms with Crippen LogP contribution in [0.5, 0.6) is 0 Å². The molecule has 0 saturated carbocycles. The highest BCUT2D eigenvalue weighted by atomic mass is 32.1. The Balaban J connectivity index is 1.78. The minimum Gasteiger partial charge on any atom is -0.265 e. The number of hydrogen-bond donors (Lipinski definition) is 0. The Morgan fingerprint density at radius 3 is 2.74 bits per heavy atom. The van der Waals surface area contributed by atoms with E-state index in [1.54, 1.807) is 12.4 Å². The first kappa shape index (κ1) is 11.8. The van der Waals surface area contributed by atoms with Crippen LogP contribution in [0, 0.1) is 0 Å². The minimum absolute atomic E-state index is 0.212. The van der Waals surface area contributed by atoms with Gasteiger partial charge in [0.15, 0.2) is 0 Å². The molecule has 0 aliphatic heterocycles. The van der Waals surface area contributed by atoms with Gasteiger partial charge >= 0.3 is 5.69 Å². The van der Waals surface area contributed by atoms with Crippen LogP contribution in [0.15, 0.2) is 46.8 Å². The maximum Gasteiger partial charge on any atom is 0.369 e. The van der Waals surface area contributed by atoms with E-state index in [0.717, 1.165) is 17.0 Å². The lowest BCUT2D eigenvalue weighted by Crippen LogP contribution is -2.24. The summed E-state index contributed by atoms with van der Waals surface area (Å²) in [6.07, 6.45) is 4.20. The van der Waals surface area contributed by atoms with E-state index in [4.69, 9.17) is 0 Å². The van der Waals surface area contributed by atoms with Crippen molar-refractivity contribution in [2.45, 2.75) is 13.0 Å². The van der Waals surface area contributed by atoms with Gasteiger partial charge in [-0.05, 0) is 52.1 Å². The number of aryl methyl sites for hydroxylation is 2. The van der Waals surface area contributed by atoms with Gasteiger partial charge in [0.25, 0.3) is 0 Å². The number of aromatic nitrogens is 5. The molecule has 0 spiro atoms. The van der Waals surface area contributed by atoms with Crippen molar-refractivity contribution < 1.29 is 0 Å². The second-order valence-electron chi connectivity index (χ2n) is 3.95. The zero-order valence-electron chi connectivity index (χ0n) is 10.0. The molecule has 0 aliphatic rings. The third kappa shape index (κ3) is 2.45. The molecule has 3 rings (SSSR count). The molecule has 0 N–H and O–H groups in total. The molecule has 0 bridgehead atoms. The minimum atomic E-state index is -0.212. The summed E-state index contributed by atoms with van der Waals surface area (Å²) >= 11 is 1.46. The Morgan fingerprint density at radius 2 is 2.00 bits per heavy atom. The molecule has 3 aromatic heterocycles. The first-order chi connectivity index (χ1) is 9.34. The van der Waals surface area contributed by atoms with Crippen LogP contribution < -0.4 is 5.69 Å². The van der Waals surface area contributed by atoms with Crippen LogP contribution in [0.25, 0.3) is 5.00 Å². The van der Waals surface area contributed by atoms with Crippen molar-refractivity contribution in [1.29, 1.82) is 0 Å². The standard InChI is InChI=1S/C12H11N5OS/c18-12-16(8-5-10-3-6-13-7-4-10)14-15-17(12)11-2-1-9-19-11/h1-4,6-7,9H,5,8H2. The van der Waals surface area contributed by atoms with E-state index in [2.05, 4.69) is 15.4 Å². The monoisotopic (exact) mass is 273 g/mol. The summed E-state index contributed by atoms with van der Waals surface area (Å²) in [6, 6.07) is 7.57. The van der Waals surface area contributed by atoms with Gasteiger partial charge < -0.3 is 0 Å². The van der Waals surface area contributed by atoms with Crippen LogP contribution >= 0.6 is 11.3 Å². The third-order valence-electron chi connectivity index (χ3n) is 2.72. The predicted octanol–water partition coefficient (Wildman–Crippen LogP) is 1.13. The molecule has 3 heterocycles. The summed E-state index contributed by atoms with van der Waals surface area (Å²) in [5, 5.41) is 10.5. The molecule has 96 valence electrons. The number of pyridine rings is 1. The fourth-order valence-corrected chi connectivity index (χ4v) is 2.40. The summed E-state index contributed by atoms with van der Waals surface area (Å²) in [5.74, 6) is 0. The molecule has 0 aromatic carbocycles. The van der Waals surface area contributed by atoms with Crippen molar-refractivity contribution in [3.8, 4) is 5.00 Å². The highest BCUT2D eigenvalue weighted by Gasteiger charge is 2.09. The van der Waals surface area contributed by atoms with Gasteiger partial charge in [-0.1, -0.05) is 0 Å². The Morgan fingerprint density at radius 1 is 1.16 bits per heavy atom. The average Bonchev–Trinajstić information content (AvgIpc) is 3.07. The molecule has 6 nitrogen and oxygen atoms in total. The van der Waals surface area contributed by atoms with Crippen molar-refractivity contribution in [3.05, 3.63) is 58.1 Å². The average molecular weight is 273 g/mol. The Labute approximate surface area is 112 Å². The van der Waals surface area contributed by atoms with Gasteiger partial charge in [-0.15, -0.1) is 11.3 Å². The molecule has 0 aliphatic carbocycles. The molecule has 0 amide bonds. The normalized spacial score (nSPS) is 10.7. The van der Waals surface area contributed by atoms with Crippen LogP contribution in [-0.2, 0) is 13.0 Å². The Hall–Kier alpha value is -2.28. The second-order valence-corrected chi connectivity index (χ2v) is 4.88. The van der Waals surface area contributed by atoms with E-state index in [1.165, 1.54) is 20.7 Å². The van der Waals surface area contributed by atoms with Crippen LogP contribution in [0.3, 0.4) is 0 Å². The molecule has 0 atom stereocenters. The Bertz CT molecular complexity index is 701. The topological polar surface area (TPSA) is 65.6 Å². The van der Waals surface area contributed by atoms with E-state index in [-0.39, 0.29) is 5.69 Å². The van der Waals surface area contributed by atoms with Gasteiger partial charge in [0.05, 0.1) is 6.54 Å². The van der Waals surface area contributed by atoms with E-state index < -0.39 is 0 Å². The van der Waals surface area contributed by atoms with E-state index in [0.29, 0.717) is 6.54 Å². The number of hydrogen-bond acceptors (Lipinski definition) is 5. The van der Waals surface area contributed by atoms with E-state index >= 15 is 0 Å². The largest absolute Gasteiger partial charge is 0.369 e. The maximum absolute atomic E-state index is 12.1. The lowest BCUT2D eigenvalue weighted by molar-refractivity contribution is 0.573. The summed E-state index contributed by atoms with van der Waals surface area (Å²) in [5.41, 5.74) is 0.907. The van der Waals surface area contributed by atoms with E-state index in [1.807, 2.05) is 29.6 Å². The van der Waals surface area contributed by atoms with Gasteiger partial charge in [0.1, 0.15) is 5.00 Å². The smallest absolute Gasteiger partial charge is 0.265 e. The van der Waals surface area contributed by atoms with Gasteiger partial charge in [0.2, 0.25) is 0 Å². The molecule has 0 saturated heterocycles. The summed E-state index contributed by atoms with van der Waals surface area (Å²) in [4.78, 5) is 16.0. The summed E-state index contributed by atoms with van der Waals surface area (Å²) < 4.78 is 2.69. The predicted molar refractivity (Wildman–Crippen MR) is 71.4 cm³/mol. The first-order valence-electron chi connectivity index (χ1n) is 5.80. The summed E-state index contributed by atoms with van der Waals surface area (Å²) in [6.45, 7) is 0.508. The second kappa shape index (κ2) is 5.15. The van der Waals surface area contributed by atoms with Crippen LogP contribution in [0.4, 0.5) is 0 Å². The van der Waals surface area contributed by atoms with Crippen molar-refractivity contribution in [1.82, 2.24) is 24.8 Å². The van der Waals surface area contributed by atoms with Gasteiger partial charge in [0, 0.05) is 12.4 Å². The van der Waals surface area contributed by atoms with Gasteiger partial charge in [-0.3, -0.25) is 4.98 Å². The van der Waals surface area contributed by atoms with Gasteiger partial charge in [-0.25, -0.2) is 4.79 Å². The molecule has 7 heteroatoms. The van der Waals surface area contributed by atoms with Crippen molar-refractivity contribution in [2.24, 2.45) is 0 Å². The zero-order chi connectivity index (χ0) is 13.1. The molecule has 0 unspecified atom stereocenters. The first-order valence-corrected chi connectivity index (χ1v) is 6.68. The lowest BCUT2D eigenvalue weighted by atomic mass is 10.2. The SMILES string of the molecule is O=c1n(CCc2ccncc2)nnn1-c1cccs1. The van der Waals surface area contributed by atoms with Crippen LogP contribution in [0.2, 0.25) is 0 Å². The number of nitrogens with zero attached hydrogens (tertiary/aromatic N) is 5. The molecular weight excluding hydrogens is 262 g/mol. The highest BCUT2D eigenvalue weighted by Crippen LogP contribution is 2.10. The van der Waals surface area contributed by atoms with Crippen LogP contribution in [-0.4, -0.2) is 24.8 Å². The molecule has 3 aromatic rings. The van der Waals surface area contributed by atoms with E-state index in [9.17, 15) is 4.79 Å². The fourth-order valence-electron chi connectivity index (χ4n) is 1.73. The molecule has 0 radical (unpaired) electrons. The Kier molecular flexibility index (Phi) is 3.20. The maximum atomic E-state index is 12.1. The number of tetrazole rings is 1. The van der Waals surface area contributed by atoms with Gasteiger partial charge in [-0.2, -0.15) is 9.36 Å². The number of rotatable bonds is 4. The fraction of sp³-hybridized carbons (Fsp3) is 0.167. The molecular formula is C12H11N5OS. The lowest BCUT2D eigenvalue weighted by Gasteiger charge is -1.98. The third-order valence-corrected chi connectivity index (χ3v) is 3.56. The van der Waals surface area contributed by atoms with Crippen LogP contribution in [0.1, 0.15) is 5.56 Å². The molecule has 19 heavy (non-hydrogen) atoms. The zero-order valence-corrected chi connectivity index (χ0v) is 10.8. The highest BCUT2D eigenvalue weighted by molar-refractivity contribution is 7.12.